The number of thiazole rings is 1. The maximum absolute atomic E-state index is 12.4. The highest BCUT2D eigenvalue weighted by molar-refractivity contribution is 7.89. The fourth-order valence-corrected chi connectivity index (χ4v) is 4.57. The first-order valence-corrected chi connectivity index (χ1v) is 11.2. The molecule has 0 unspecified atom stereocenters. The molecule has 2 heterocycles. The molecule has 0 amide bonds. The Balaban J connectivity index is 1.84. The largest absolute Gasteiger partial charge is 0.456 e. The fraction of sp³-hybridized carbons (Fsp3) is 0.389. The van der Waals surface area contributed by atoms with Crippen LogP contribution in [0.2, 0.25) is 0 Å². The van der Waals surface area contributed by atoms with E-state index in [-0.39, 0.29) is 22.9 Å². The first-order chi connectivity index (χ1) is 13.6. The van der Waals surface area contributed by atoms with Gasteiger partial charge in [0, 0.05) is 31.7 Å². The van der Waals surface area contributed by atoms with Gasteiger partial charge in [-0.1, -0.05) is 11.3 Å². The van der Waals surface area contributed by atoms with Gasteiger partial charge >= 0.3 is 10.8 Å². The van der Waals surface area contributed by atoms with Crippen LogP contribution in [0.15, 0.2) is 33.3 Å². The molecule has 0 fully saturated rings. The molecule has 1 aromatic carbocycles. The summed E-state index contributed by atoms with van der Waals surface area (Å²) in [6, 6.07) is 4.74. The Labute approximate surface area is 172 Å². The third-order valence-corrected chi connectivity index (χ3v) is 7.21. The zero-order valence-corrected chi connectivity index (χ0v) is 18.2. The number of fused-ring (bicyclic) bond motifs is 1. The quantitative estimate of drug-likeness (QED) is 0.519. The van der Waals surface area contributed by atoms with Crippen molar-refractivity contribution in [1.29, 1.82) is 0 Å². The van der Waals surface area contributed by atoms with Crippen molar-refractivity contribution in [2.45, 2.75) is 38.4 Å². The number of hydrogen-bond acceptors (Lipinski definition) is 7. The van der Waals surface area contributed by atoms with Crippen molar-refractivity contribution in [3.8, 4) is 0 Å². The molecule has 0 atom stereocenters. The topological polar surface area (TPSA) is 103 Å². The van der Waals surface area contributed by atoms with Crippen molar-refractivity contribution in [1.82, 2.24) is 18.4 Å². The van der Waals surface area contributed by atoms with Gasteiger partial charge in [0.25, 0.3) is 0 Å². The summed E-state index contributed by atoms with van der Waals surface area (Å²) in [6.07, 6.45) is 0. The number of esters is 1. The van der Waals surface area contributed by atoms with E-state index in [2.05, 4.69) is 4.98 Å². The molecular formula is C18H22N4O5S2. The number of carbonyl (C=O) groups is 1. The Kier molecular flexibility index (Phi) is 5.92. The van der Waals surface area contributed by atoms with Crippen LogP contribution < -0.4 is 4.87 Å². The number of nitrogens with zero attached hydrogens (tertiary/aromatic N) is 4. The lowest BCUT2D eigenvalue weighted by Gasteiger charge is -2.11. The molecule has 0 N–H and O–H groups in total. The molecule has 0 bridgehead atoms. The Morgan fingerprint density at radius 3 is 2.59 bits per heavy atom. The van der Waals surface area contributed by atoms with Crippen molar-refractivity contribution < 1.29 is 17.9 Å². The van der Waals surface area contributed by atoms with E-state index in [1.807, 2.05) is 11.5 Å². The average Bonchev–Trinajstić information content (AvgIpc) is 3.19. The highest BCUT2D eigenvalue weighted by atomic mass is 32.2. The summed E-state index contributed by atoms with van der Waals surface area (Å²) in [7, 11) is -0.639. The molecule has 0 radical (unpaired) electrons. The van der Waals surface area contributed by atoms with Gasteiger partial charge < -0.3 is 9.30 Å². The van der Waals surface area contributed by atoms with Crippen LogP contribution in [0, 0.1) is 6.92 Å². The normalized spacial score (nSPS) is 12.0. The predicted molar refractivity (Wildman–Crippen MR) is 109 cm³/mol. The Morgan fingerprint density at radius 2 is 2.00 bits per heavy atom. The van der Waals surface area contributed by atoms with Gasteiger partial charge in [-0.05, 0) is 32.0 Å². The molecular weight excluding hydrogens is 416 g/mol. The van der Waals surface area contributed by atoms with E-state index in [9.17, 15) is 18.0 Å². The molecule has 29 heavy (non-hydrogen) atoms. The van der Waals surface area contributed by atoms with Crippen LogP contribution >= 0.6 is 11.3 Å². The number of carbonyl (C=O) groups excluding carboxylic acids is 1. The van der Waals surface area contributed by atoms with E-state index >= 15 is 0 Å². The molecule has 0 aliphatic rings. The van der Waals surface area contributed by atoms with Crippen LogP contribution in [-0.2, 0) is 39.3 Å². The summed E-state index contributed by atoms with van der Waals surface area (Å²) in [5.41, 5.74) is 1.96. The van der Waals surface area contributed by atoms with Crippen molar-refractivity contribution >= 4 is 38.4 Å². The maximum atomic E-state index is 12.4. The van der Waals surface area contributed by atoms with E-state index < -0.39 is 16.0 Å². The van der Waals surface area contributed by atoms with E-state index in [4.69, 9.17) is 4.74 Å². The van der Waals surface area contributed by atoms with Crippen molar-refractivity contribution in [2.24, 2.45) is 0 Å². The second-order valence-corrected chi connectivity index (χ2v) is 9.57. The minimum atomic E-state index is -3.57. The smallest absolute Gasteiger partial charge is 0.326 e. The molecule has 3 aromatic rings. The third-order valence-electron chi connectivity index (χ3n) is 4.52. The van der Waals surface area contributed by atoms with Crippen molar-refractivity contribution in [3.63, 3.8) is 0 Å². The standard InChI is InChI=1S/C18H22N4O5S2/c1-5-21-15-7-6-13(29(25,26)20(3)4)8-14(15)19-16(21)10-27-17(23)9-22-12(2)11-28-18(22)24/h6-8,11H,5,9-10H2,1-4H3. The lowest BCUT2D eigenvalue weighted by Crippen LogP contribution is -2.22. The number of aryl methyl sites for hydroxylation is 2. The van der Waals surface area contributed by atoms with E-state index in [0.29, 0.717) is 23.6 Å². The van der Waals surface area contributed by atoms with Crippen LogP contribution in [0.1, 0.15) is 18.4 Å². The van der Waals surface area contributed by atoms with Crippen LogP contribution in [0.4, 0.5) is 0 Å². The minimum Gasteiger partial charge on any atom is -0.456 e. The number of ether oxygens (including phenoxy) is 1. The van der Waals surface area contributed by atoms with Gasteiger partial charge in [0.1, 0.15) is 19.0 Å². The van der Waals surface area contributed by atoms with Gasteiger partial charge in [-0.25, -0.2) is 17.7 Å². The monoisotopic (exact) mass is 438 g/mol. The lowest BCUT2D eigenvalue weighted by molar-refractivity contribution is -0.146. The van der Waals surface area contributed by atoms with E-state index in [1.54, 1.807) is 18.4 Å². The molecule has 0 saturated carbocycles. The molecule has 9 nitrogen and oxygen atoms in total. The zero-order valence-electron chi connectivity index (χ0n) is 16.6. The Bertz CT molecular complexity index is 1220. The summed E-state index contributed by atoms with van der Waals surface area (Å²) in [5.74, 6) is -0.0381. The number of hydrogen-bond donors (Lipinski definition) is 0. The van der Waals surface area contributed by atoms with E-state index in [0.717, 1.165) is 21.2 Å². The maximum Gasteiger partial charge on any atom is 0.326 e. The highest BCUT2D eigenvalue weighted by Crippen LogP contribution is 2.22. The first-order valence-electron chi connectivity index (χ1n) is 8.87. The molecule has 0 saturated heterocycles. The van der Waals surface area contributed by atoms with Gasteiger partial charge in [-0.3, -0.25) is 14.2 Å². The number of benzene rings is 1. The Morgan fingerprint density at radius 1 is 1.28 bits per heavy atom. The molecule has 11 heteroatoms. The molecule has 2 aromatic heterocycles. The number of sulfonamides is 1. The minimum absolute atomic E-state index is 0.0744. The van der Waals surface area contributed by atoms with Crippen molar-refractivity contribution in [2.75, 3.05) is 14.1 Å². The summed E-state index contributed by atoms with van der Waals surface area (Å²) in [4.78, 5) is 28.3. The lowest BCUT2D eigenvalue weighted by atomic mass is 10.3. The second kappa shape index (κ2) is 8.09. The molecule has 0 aliphatic heterocycles. The summed E-state index contributed by atoms with van der Waals surface area (Å²) >= 11 is 1.03. The zero-order chi connectivity index (χ0) is 21.3. The van der Waals surface area contributed by atoms with Crippen LogP contribution in [-0.4, -0.2) is 46.9 Å². The summed E-state index contributed by atoms with van der Waals surface area (Å²) in [6.45, 7) is 4.01. The summed E-state index contributed by atoms with van der Waals surface area (Å²) < 4.78 is 34.4. The SMILES string of the molecule is CCn1c(COC(=O)Cn2c(C)csc2=O)nc2cc(S(=O)(=O)N(C)C)ccc21. The molecule has 0 aliphatic carbocycles. The molecule has 0 spiro atoms. The van der Waals surface area contributed by atoms with Gasteiger partial charge in [-0.15, -0.1) is 0 Å². The number of rotatable bonds is 7. The van der Waals surface area contributed by atoms with Gasteiger partial charge in [0.15, 0.2) is 0 Å². The number of imidazole rings is 1. The third kappa shape index (κ3) is 4.11. The average molecular weight is 439 g/mol. The Hall–Kier alpha value is -2.50. The second-order valence-electron chi connectivity index (χ2n) is 6.60. The van der Waals surface area contributed by atoms with Crippen LogP contribution in [0.5, 0.6) is 0 Å². The van der Waals surface area contributed by atoms with Crippen LogP contribution in [0.3, 0.4) is 0 Å². The molecule has 3 rings (SSSR count). The van der Waals surface area contributed by atoms with Crippen LogP contribution in [0.25, 0.3) is 11.0 Å². The molecule has 156 valence electrons. The predicted octanol–water partition coefficient (Wildman–Crippen LogP) is 1.58. The first kappa shape index (κ1) is 21.2. The fourth-order valence-electron chi connectivity index (χ4n) is 2.91. The van der Waals surface area contributed by atoms with E-state index in [1.165, 1.54) is 30.8 Å². The van der Waals surface area contributed by atoms with Crippen molar-refractivity contribution in [3.05, 3.63) is 44.8 Å². The van der Waals surface area contributed by atoms with Gasteiger partial charge in [0.2, 0.25) is 10.0 Å². The van der Waals surface area contributed by atoms with Gasteiger partial charge in [-0.2, -0.15) is 0 Å². The summed E-state index contributed by atoms with van der Waals surface area (Å²) in [5, 5.41) is 1.69. The highest BCUT2D eigenvalue weighted by Gasteiger charge is 2.20. The van der Waals surface area contributed by atoms with Gasteiger partial charge in [0.05, 0.1) is 15.9 Å². The number of aromatic nitrogens is 3.